The lowest BCUT2D eigenvalue weighted by Gasteiger charge is -2.10. The Morgan fingerprint density at radius 2 is 1.86 bits per heavy atom. The first-order valence-electron chi connectivity index (χ1n) is 5.84. The van der Waals surface area contributed by atoms with Gasteiger partial charge in [0, 0.05) is 10.0 Å². The van der Waals surface area contributed by atoms with E-state index in [1.54, 1.807) is 18.2 Å². The second kappa shape index (κ2) is 4.73. The van der Waals surface area contributed by atoms with Gasteiger partial charge in [0.25, 0.3) is 0 Å². The Hall–Kier alpha value is -2.09. The third kappa shape index (κ3) is 2.58. The summed E-state index contributed by atoms with van der Waals surface area (Å²) >= 11 is 2.90. The lowest BCUT2D eigenvalue weighted by Crippen LogP contribution is -2.06. The van der Waals surface area contributed by atoms with Crippen molar-refractivity contribution in [2.75, 3.05) is 5.73 Å². The van der Waals surface area contributed by atoms with Crippen molar-refractivity contribution in [3.05, 3.63) is 40.4 Å². The number of benzene rings is 1. The van der Waals surface area contributed by atoms with Crippen LogP contribution in [-0.2, 0) is 6.18 Å². The number of nitrogen functional groups attached to an aromatic ring is 1. The first-order chi connectivity index (χ1) is 9.84. The first-order valence-corrected chi connectivity index (χ1v) is 6.63. The molecule has 3 N–H and O–H groups in total. The number of aromatic amines is 1. The van der Waals surface area contributed by atoms with Crippen LogP contribution < -0.4 is 5.73 Å². The third-order valence-electron chi connectivity index (χ3n) is 2.91. The number of H-pyrrole nitrogens is 1. The molecule has 21 heavy (non-hydrogen) atoms. The molecule has 0 atom stereocenters. The number of anilines is 1. The molecule has 0 amide bonds. The largest absolute Gasteiger partial charge is 0.417 e. The average molecular weight is 357 g/mol. The number of hydrogen-bond donors (Lipinski definition) is 2. The molecule has 0 aliphatic carbocycles. The summed E-state index contributed by atoms with van der Waals surface area (Å²) in [5.41, 5.74) is 6.09. The number of halogens is 4. The van der Waals surface area contributed by atoms with Crippen LogP contribution in [0.4, 0.5) is 19.0 Å². The molecule has 0 fully saturated rings. The van der Waals surface area contributed by atoms with E-state index in [0.29, 0.717) is 28.4 Å². The lowest BCUT2D eigenvalue weighted by atomic mass is 10.1. The number of nitrogens with one attached hydrogen (secondary N) is 1. The van der Waals surface area contributed by atoms with E-state index in [0.717, 1.165) is 6.07 Å². The average Bonchev–Trinajstić information content (AvgIpc) is 2.80. The highest BCUT2D eigenvalue weighted by Gasteiger charge is 2.33. The van der Waals surface area contributed by atoms with Crippen molar-refractivity contribution in [1.29, 1.82) is 0 Å². The SMILES string of the molecule is Nc1ccc2[nH]c(-c3ccc(Br)c(C(F)(F)F)c3)nc2n1. The number of aromatic nitrogens is 3. The summed E-state index contributed by atoms with van der Waals surface area (Å²) in [6.45, 7) is 0. The second-order valence-corrected chi connectivity index (χ2v) is 5.24. The van der Waals surface area contributed by atoms with Gasteiger partial charge in [0.05, 0.1) is 11.1 Å². The zero-order valence-corrected chi connectivity index (χ0v) is 12.0. The van der Waals surface area contributed by atoms with Crippen molar-refractivity contribution >= 4 is 32.9 Å². The number of rotatable bonds is 1. The normalized spacial score (nSPS) is 12.0. The quantitative estimate of drug-likeness (QED) is 0.692. The van der Waals surface area contributed by atoms with Crippen LogP contribution in [0.1, 0.15) is 5.56 Å². The number of alkyl halides is 3. The number of pyridine rings is 1. The summed E-state index contributed by atoms with van der Waals surface area (Å²) in [6.07, 6.45) is -4.44. The summed E-state index contributed by atoms with van der Waals surface area (Å²) in [4.78, 5) is 11.1. The van der Waals surface area contributed by atoms with Crippen LogP contribution in [0.15, 0.2) is 34.8 Å². The molecule has 3 aromatic rings. The molecule has 0 saturated carbocycles. The van der Waals surface area contributed by atoms with Crippen LogP contribution in [0.25, 0.3) is 22.6 Å². The molecule has 108 valence electrons. The van der Waals surface area contributed by atoms with E-state index in [2.05, 4.69) is 30.9 Å². The molecule has 2 aromatic heterocycles. The number of hydrogen-bond acceptors (Lipinski definition) is 3. The molecular formula is C13H8BrF3N4. The maximum Gasteiger partial charge on any atom is 0.417 e. The highest BCUT2D eigenvalue weighted by Crippen LogP contribution is 2.37. The predicted molar refractivity (Wildman–Crippen MR) is 76.4 cm³/mol. The molecule has 0 unspecified atom stereocenters. The zero-order chi connectivity index (χ0) is 15.2. The number of nitrogens with zero attached hydrogens (tertiary/aromatic N) is 2. The molecule has 3 rings (SSSR count). The van der Waals surface area contributed by atoms with E-state index in [1.165, 1.54) is 6.07 Å². The maximum atomic E-state index is 12.9. The summed E-state index contributed by atoms with van der Waals surface area (Å²) in [5.74, 6) is 0.605. The number of imidazole rings is 1. The summed E-state index contributed by atoms with van der Waals surface area (Å²) in [5, 5.41) is 0. The van der Waals surface area contributed by atoms with Gasteiger partial charge in [0.1, 0.15) is 11.6 Å². The Kier molecular flexibility index (Phi) is 3.12. The van der Waals surface area contributed by atoms with Crippen LogP contribution in [0.2, 0.25) is 0 Å². The molecule has 0 aliphatic rings. The fourth-order valence-corrected chi connectivity index (χ4v) is 2.41. The smallest absolute Gasteiger partial charge is 0.384 e. The number of nitrogens with two attached hydrogens (primary N) is 1. The molecule has 4 nitrogen and oxygen atoms in total. The van der Waals surface area contributed by atoms with Crippen molar-refractivity contribution in [1.82, 2.24) is 15.0 Å². The van der Waals surface area contributed by atoms with Gasteiger partial charge in [-0.2, -0.15) is 13.2 Å². The molecule has 8 heteroatoms. The lowest BCUT2D eigenvalue weighted by molar-refractivity contribution is -0.138. The van der Waals surface area contributed by atoms with Gasteiger partial charge >= 0.3 is 6.18 Å². The Morgan fingerprint density at radius 3 is 2.57 bits per heavy atom. The Morgan fingerprint density at radius 1 is 1.10 bits per heavy atom. The maximum absolute atomic E-state index is 12.9. The molecular weight excluding hydrogens is 349 g/mol. The van der Waals surface area contributed by atoms with E-state index < -0.39 is 11.7 Å². The first kappa shape index (κ1) is 13.9. The van der Waals surface area contributed by atoms with Crippen molar-refractivity contribution in [2.45, 2.75) is 6.18 Å². The van der Waals surface area contributed by atoms with Crippen LogP contribution in [0.5, 0.6) is 0 Å². The highest BCUT2D eigenvalue weighted by atomic mass is 79.9. The van der Waals surface area contributed by atoms with Gasteiger partial charge in [-0.1, -0.05) is 22.0 Å². The van der Waals surface area contributed by atoms with E-state index >= 15 is 0 Å². The van der Waals surface area contributed by atoms with Crippen LogP contribution in [0.3, 0.4) is 0 Å². The summed E-state index contributed by atoms with van der Waals surface area (Å²) in [7, 11) is 0. The van der Waals surface area contributed by atoms with Gasteiger partial charge in [-0.3, -0.25) is 0 Å². The minimum absolute atomic E-state index is 0.0165. The predicted octanol–water partition coefficient (Wildman–Crippen LogP) is 3.99. The van der Waals surface area contributed by atoms with Crippen LogP contribution in [0, 0.1) is 0 Å². The molecule has 0 radical (unpaired) electrons. The fourth-order valence-electron chi connectivity index (χ4n) is 1.93. The Labute approximate surface area is 125 Å². The molecule has 1 aromatic carbocycles. The molecule has 0 aliphatic heterocycles. The summed E-state index contributed by atoms with van der Waals surface area (Å²) < 4.78 is 38.7. The van der Waals surface area contributed by atoms with E-state index in [1.807, 2.05) is 0 Å². The van der Waals surface area contributed by atoms with Gasteiger partial charge in [-0.05, 0) is 24.3 Å². The highest BCUT2D eigenvalue weighted by molar-refractivity contribution is 9.10. The third-order valence-corrected chi connectivity index (χ3v) is 3.60. The minimum Gasteiger partial charge on any atom is -0.384 e. The number of fused-ring (bicyclic) bond motifs is 1. The van der Waals surface area contributed by atoms with Gasteiger partial charge in [0.15, 0.2) is 5.65 Å². The summed E-state index contributed by atoms with van der Waals surface area (Å²) in [6, 6.07) is 7.18. The standard InChI is InChI=1S/C13H8BrF3N4/c14-8-2-1-6(5-7(8)13(15,16)17)11-19-9-3-4-10(18)20-12(9)21-11/h1-5H,(H3,18,19,20,21). The topological polar surface area (TPSA) is 67.6 Å². The van der Waals surface area contributed by atoms with Gasteiger partial charge < -0.3 is 10.7 Å². The zero-order valence-electron chi connectivity index (χ0n) is 10.4. The van der Waals surface area contributed by atoms with Crippen molar-refractivity contribution < 1.29 is 13.2 Å². The van der Waals surface area contributed by atoms with Crippen LogP contribution in [-0.4, -0.2) is 15.0 Å². The van der Waals surface area contributed by atoms with Crippen molar-refractivity contribution in [3.63, 3.8) is 0 Å². The molecule has 0 bridgehead atoms. The van der Waals surface area contributed by atoms with E-state index in [9.17, 15) is 13.2 Å². The van der Waals surface area contributed by atoms with Gasteiger partial charge in [0.2, 0.25) is 0 Å². The molecule has 2 heterocycles. The van der Waals surface area contributed by atoms with E-state index in [4.69, 9.17) is 5.73 Å². The van der Waals surface area contributed by atoms with Gasteiger partial charge in [-0.25, -0.2) is 9.97 Å². The Bertz CT molecular complexity index is 826. The Balaban J connectivity index is 2.14. The van der Waals surface area contributed by atoms with Crippen LogP contribution >= 0.6 is 15.9 Å². The van der Waals surface area contributed by atoms with Gasteiger partial charge in [-0.15, -0.1) is 0 Å². The van der Waals surface area contributed by atoms with Crippen molar-refractivity contribution in [2.24, 2.45) is 0 Å². The fraction of sp³-hybridized carbons (Fsp3) is 0.0769. The second-order valence-electron chi connectivity index (χ2n) is 4.39. The molecule has 0 saturated heterocycles. The monoisotopic (exact) mass is 356 g/mol. The van der Waals surface area contributed by atoms with E-state index in [-0.39, 0.29) is 4.47 Å². The van der Waals surface area contributed by atoms with Crippen molar-refractivity contribution in [3.8, 4) is 11.4 Å². The molecule has 0 spiro atoms. The minimum atomic E-state index is -4.44.